The Labute approximate surface area is 141 Å². The molecular weight excluding hydrogens is 332 g/mol. The van der Waals surface area contributed by atoms with Gasteiger partial charge in [-0.15, -0.1) is 0 Å². The van der Waals surface area contributed by atoms with E-state index in [4.69, 9.17) is 15.9 Å². The highest BCUT2D eigenvalue weighted by molar-refractivity contribution is 6.41. The lowest BCUT2D eigenvalue weighted by Gasteiger charge is -2.14. The van der Waals surface area contributed by atoms with E-state index < -0.39 is 30.0 Å². The smallest absolute Gasteiger partial charge is 0.354 e. The van der Waals surface area contributed by atoms with Crippen molar-refractivity contribution in [3.05, 3.63) is 35.9 Å². The second kappa shape index (κ2) is 7.53. The number of hydrogen-bond donors (Lipinski definition) is 4. The number of rotatable bonds is 7. The number of aromatic nitrogens is 2. The molecule has 1 aliphatic rings. The third kappa shape index (κ3) is 4.85. The number of aliphatic carboxylic acids is 3. The van der Waals surface area contributed by atoms with Crippen LogP contribution in [0, 0.1) is 0 Å². The predicted octanol–water partition coefficient (Wildman–Crippen LogP) is -2.30. The molecule has 2 rings (SSSR count). The molecule has 2 unspecified atom stereocenters. The Bertz CT molecular complexity index is 792. The van der Waals surface area contributed by atoms with Crippen LogP contribution in [0.3, 0.4) is 0 Å². The van der Waals surface area contributed by atoms with Crippen LogP contribution in [0.1, 0.15) is 12.1 Å². The summed E-state index contributed by atoms with van der Waals surface area (Å²) < 4.78 is 1.57. The maximum Gasteiger partial charge on any atom is 0.354 e. The number of nitrogens with one attached hydrogen (secondary N) is 1. The molecule has 1 aromatic rings. The molecule has 2 atom stereocenters. The van der Waals surface area contributed by atoms with Gasteiger partial charge in [0.25, 0.3) is 0 Å². The van der Waals surface area contributed by atoms with Gasteiger partial charge in [-0.05, 0) is 17.7 Å². The van der Waals surface area contributed by atoms with Gasteiger partial charge in [0.2, 0.25) is 6.33 Å². The monoisotopic (exact) mass is 348 g/mol. The summed E-state index contributed by atoms with van der Waals surface area (Å²) in [6, 6.07) is -2.29. The average molecular weight is 348 g/mol. The fourth-order valence-electron chi connectivity index (χ4n) is 2.20. The van der Waals surface area contributed by atoms with Crippen LogP contribution in [0.4, 0.5) is 0 Å². The number of carbonyl (C=O) groups excluding carboxylic acids is 1. The van der Waals surface area contributed by atoms with Gasteiger partial charge in [-0.2, -0.15) is 0 Å². The minimum Gasteiger partial charge on any atom is -0.548 e. The van der Waals surface area contributed by atoms with Gasteiger partial charge >= 0.3 is 11.9 Å². The number of carboxylic acid groups (broad SMARTS) is 3. The Morgan fingerprint density at radius 3 is 2.80 bits per heavy atom. The number of H-pyrrole nitrogens is 1. The highest BCUT2D eigenvalue weighted by Gasteiger charge is 2.24. The molecule has 0 bridgehead atoms. The minimum atomic E-state index is -1.36. The number of aliphatic imine (C=N–C) groups is 1. The summed E-state index contributed by atoms with van der Waals surface area (Å²) in [4.78, 5) is 39.2. The number of allylic oxidation sites excluding steroid dienone is 1. The number of dihydropyridines is 1. The van der Waals surface area contributed by atoms with Crippen LogP contribution in [-0.2, 0) is 20.8 Å². The third-order valence-electron chi connectivity index (χ3n) is 3.46. The largest absolute Gasteiger partial charge is 0.548 e. The molecule has 0 aliphatic carbocycles. The molecule has 0 saturated carbocycles. The van der Waals surface area contributed by atoms with Gasteiger partial charge in [-0.25, -0.2) is 19.1 Å². The SMILES string of the molecule is NC(Cc1c[n+](C=CC2=CC(C(=O)O)=NC(C(=O)O)C2)c[nH]1)C(=O)[O-]. The Morgan fingerprint density at radius 1 is 1.48 bits per heavy atom. The zero-order chi connectivity index (χ0) is 18.6. The fraction of sp³-hybridized carbons (Fsp3) is 0.267. The van der Waals surface area contributed by atoms with Gasteiger partial charge in [0, 0.05) is 12.8 Å². The van der Waals surface area contributed by atoms with Crippen molar-refractivity contribution in [3.63, 3.8) is 0 Å². The zero-order valence-electron chi connectivity index (χ0n) is 13.0. The maximum atomic E-state index is 11.1. The van der Waals surface area contributed by atoms with E-state index in [2.05, 4.69) is 9.98 Å². The number of carbonyl (C=O) groups is 3. The van der Waals surface area contributed by atoms with E-state index in [0.29, 0.717) is 11.3 Å². The first-order valence-corrected chi connectivity index (χ1v) is 7.23. The first-order valence-electron chi connectivity index (χ1n) is 7.23. The van der Waals surface area contributed by atoms with Crippen molar-refractivity contribution in [1.82, 2.24) is 4.98 Å². The average Bonchev–Trinajstić information content (AvgIpc) is 2.99. The third-order valence-corrected chi connectivity index (χ3v) is 3.46. The van der Waals surface area contributed by atoms with Gasteiger partial charge in [0.05, 0.1) is 18.2 Å². The van der Waals surface area contributed by atoms with E-state index in [1.165, 1.54) is 12.4 Å². The molecule has 0 aromatic carbocycles. The molecule has 2 heterocycles. The first-order chi connectivity index (χ1) is 11.8. The lowest BCUT2D eigenvalue weighted by atomic mass is 10.0. The van der Waals surface area contributed by atoms with Crippen molar-refractivity contribution in [3.8, 4) is 0 Å². The van der Waals surface area contributed by atoms with Gasteiger partial charge in [-0.3, -0.25) is 4.99 Å². The van der Waals surface area contributed by atoms with Crippen molar-refractivity contribution in [1.29, 1.82) is 0 Å². The topological polar surface area (TPSA) is 173 Å². The minimum absolute atomic E-state index is 0.0583. The van der Waals surface area contributed by atoms with Gasteiger partial charge in [0.1, 0.15) is 17.6 Å². The summed E-state index contributed by atoms with van der Waals surface area (Å²) >= 11 is 0. The lowest BCUT2D eigenvalue weighted by molar-refractivity contribution is -0.566. The summed E-state index contributed by atoms with van der Waals surface area (Å²) in [7, 11) is 0. The summed E-state index contributed by atoms with van der Waals surface area (Å²) in [5.41, 5.74) is 6.12. The molecule has 0 radical (unpaired) electrons. The molecule has 10 heteroatoms. The summed E-state index contributed by atoms with van der Waals surface area (Å²) in [6.45, 7) is 0. The Kier molecular flexibility index (Phi) is 5.45. The molecule has 0 fully saturated rings. The van der Waals surface area contributed by atoms with E-state index in [9.17, 15) is 19.5 Å². The molecule has 25 heavy (non-hydrogen) atoms. The zero-order valence-corrected chi connectivity index (χ0v) is 13.0. The molecule has 1 aromatic heterocycles. The van der Waals surface area contributed by atoms with Crippen molar-refractivity contribution < 1.29 is 34.3 Å². The van der Waals surface area contributed by atoms with Crippen LogP contribution in [0.2, 0.25) is 0 Å². The second-order valence-electron chi connectivity index (χ2n) is 5.42. The van der Waals surface area contributed by atoms with E-state index >= 15 is 0 Å². The van der Waals surface area contributed by atoms with Crippen LogP contribution in [0.5, 0.6) is 0 Å². The highest BCUT2D eigenvalue weighted by atomic mass is 16.4. The van der Waals surface area contributed by atoms with E-state index in [0.717, 1.165) is 0 Å². The molecule has 0 amide bonds. The predicted molar refractivity (Wildman–Crippen MR) is 82.2 cm³/mol. The normalized spacial score (nSPS) is 18.5. The van der Waals surface area contributed by atoms with E-state index in [1.54, 1.807) is 23.0 Å². The standard InChI is InChI=1S/C15H16N4O6/c16-10(13(20)21)5-9-6-19(7-17-9)2-1-8-3-11(14(22)23)18-12(4-8)15(24)25/h1-3,6-7,10,12H,4-5,16H2,(H3,20,21,22,23,24,25). The van der Waals surface area contributed by atoms with Crippen LogP contribution in [-0.4, -0.2) is 50.9 Å². The van der Waals surface area contributed by atoms with Gasteiger partial charge < -0.3 is 25.8 Å². The molecule has 0 saturated heterocycles. The van der Waals surface area contributed by atoms with Crippen molar-refractivity contribution in [2.75, 3.05) is 0 Å². The number of nitrogens with zero attached hydrogens (tertiary/aromatic N) is 2. The molecule has 10 nitrogen and oxygen atoms in total. The highest BCUT2D eigenvalue weighted by Crippen LogP contribution is 2.16. The number of hydrogen-bond acceptors (Lipinski definition) is 6. The number of aromatic amines is 1. The molecular formula is C15H16N4O6. The number of carboxylic acids is 3. The second-order valence-corrected chi connectivity index (χ2v) is 5.42. The van der Waals surface area contributed by atoms with Crippen molar-refractivity contribution >= 4 is 29.8 Å². The molecule has 132 valence electrons. The van der Waals surface area contributed by atoms with Crippen LogP contribution < -0.4 is 15.4 Å². The number of imidazole rings is 1. The first kappa shape index (κ1) is 18.1. The lowest BCUT2D eigenvalue weighted by Crippen LogP contribution is -2.43. The van der Waals surface area contributed by atoms with Gasteiger partial charge in [0.15, 0.2) is 6.04 Å². The summed E-state index contributed by atoms with van der Waals surface area (Å²) in [5, 5.41) is 28.7. The Hall–Kier alpha value is -3.27. The Morgan fingerprint density at radius 2 is 2.20 bits per heavy atom. The maximum absolute atomic E-state index is 11.1. The van der Waals surface area contributed by atoms with E-state index in [-0.39, 0.29) is 18.6 Å². The van der Waals surface area contributed by atoms with Crippen LogP contribution in [0.25, 0.3) is 6.20 Å². The summed E-state index contributed by atoms with van der Waals surface area (Å²) in [5.74, 6) is -3.86. The molecule has 5 N–H and O–H groups in total. The molecule has 1 aliphatic heterocycles. The van der Waals surface area contributed by atoms with Crippen molar-refractivity contribution in [2.24, 2.45) is 10.7 Å². The van der Waals surface area contributed by atoms with Crippen LogP contribution >= 0.6 is 0 Å². The Balaban J connectivity index is 2.12. The quantitative estimate of drug-likeness (QED) is 0.401. The van der Waals surface area contributed by atoms with E-state index in [1.807, 2.05) is 0 Å². The van der Waals surface area contributed by atoms with Gasteiger partial charge in [-0.1, -0.05) is 0 Å². The molecule has 0 spiro atoms. The fourth-order valence-corrected chi connectivity index (χ4v) is 2.20. The van der Waals surface area contributed by atoms with Crippen molar-refractivity contribution in [2.45, 2.75) is 24.9 Å². The summed E-state index contributed by atoms with van der Waals surface area (Å²) in [6.07, 6.45) is 7.70. The van der Waals surface area contributed by atoms with Crippen LogP contribution in [0.15, 0.2) is 35.2 Å². The number of nitrogens with two attached hydrogens (primary N) is 1.